The molecule has 0 aromatic heterocycles. The second-order valence-electron chi connectivity index (χ2n) is 7.70. The topological polar surface area (TPSA) is 52.6 Å². The Labute approximate surface area is 166 Å². The number of phenols is 1. The molecule has 1 aliphatic heterocycles. The lowest BCUT2D eigenvalue weighted by Gasteiger charge is -2.35. The number of piperidine rings is 1. The number of aryl methyl sites for hydroxylation is 1. The van der Waals surface area contributed by atoms with E-state index in [-0.39, 0.29) is 17.8 Å². The van der Waals surface area contributed by atoms with E-state index >= 15 is 0 Å². The summed E-state index contributed by atoms with van der Waals surface area (Å²) in [5, 5.41) is 12.3. The van der Waals surface area contributed by atoms with Crippen molar-refractivity contribution in [2.24, 2.45) is 5.92 Å². The fourth-order valence-corrected chi connectivity index (χ4v) is 3.77. The smallest absolute Gasteiger partial charge is 0.237 e. The maximum Gasteiger partial charge on any atom is 0.237 e. The quantitative estimate of drug-likeness (QED) is 0.762. The highest BCUT2D eigenvalue weighted by Crippen LogP contribution is 2.24. The summed E-state index contributed by atoms with van der Waals surface area (Å²) in [4.78, 5) is 14.7. The van der Waals surface area contributed by atoms with Gasteiger partial charge < -0.3 is 10.4 Å². The summed E-state index contributed by atoms with van der Waals surface area (Å²) in [6, 6.07) is 13.5. The first-order chi connectivity index (χ1) is 13.5. The number of likely N-dealkylation sites (tertiary alicyclic amines) is 1. The van der Waals surface area contributed by atoms with Crippen LogP contribution in [-0.2, 0) is 17.8 Å². The minimum atomic E-state index is -0.267. The van der Waals surface area contributed by atoms with Crippen molar-refractivity contribution >= 4 is 5.91 Å². The zero-order valence-electron chi connectivity index (χ0n) is 16.4. The zero-order valence-corrected chi connectivity index (χ0v) is 16.4. The van der Waals surface area contributed by atoms with Gasteiger partial charge in [0.15, 0.2) is 0 Å². The molecule has 0 aliphatic carbocycles. The molecule has 1 amide bonds. The first kappa shape index (κ1) is 20.3. The molecule has 28 heavy (non-hydrogen) atoms. The molecule has 5 heteroatoms. The fraction of sp³-hybridized carbons (Fsp3) is 0.435. The Morgan fingerprint density at radius 1 is 1.11 bits per heavy atom. The molecule has 2 aromatic carbocycles. The van der Waals surface area contributed by atoms with Gasteiger partial charge in [0.2, 0.25) is 5.91 Å². The highest BCUT2D eigenvalue weighted by molar-refractivity contribution is 5.81. The molecule has 1 heterocycles. The average Bonchev–Trinajstić information content (AvgIpc) is 2.72. The van der Waals surface area contributed by atoms with Crippen LogP contribution in [-0.4, -0.2) is 35.0 Å². The van der Waals surface area contributed by atoms with Crippen molar-refractivity contribution in [3.63, 3.8) is 0 Å². The molecule has 0 saturated carbocycles. The van der Waals surface area contributed by atoms with Crippen LogP contribution in [0.5, 0.6) is 5.75 Å². The molecule has 2 N–H and O–H groups in total. The molecular weight excluding hydrogens is 355 g/mol. The summed E-state index contributed by atoms with van der Waals surface area (Å²) in [5.41, 5.74) is 2.16. The number of halogens is 1. The minimum absolute atomic E-state index is 0.0202. The van der Waals surface area contributed by atoms with E-state index in [4.69, 9.17) is 0 Å². The van der Waals surface area contributed by atoms with Crippen LogP contribution in [0.15, 0.2) is 48.5 Å². The number of rotatable bonds is 7. The SMILES string of the molecule is C[C@@H](C(=O)NCc1ccc(F)cc1)N1CCC(CCc2ccc(O)cc2)CC1. The predicted molar refractivity (Wildman–Crippen MR) is 108 cm³/mol. The minimum Gasteiger partial charge on any atom is -0.508 e. The summed E-state index contributed by atoms with van der Waals surface area (Å²) in [6.07, 6.45) is 4.38. The standard InChI is InChI=1S/C23H29FN2O2/c1-17(23(28)25-16-20-4-8-21(24)9-5-20)26-14-12-19(13-15-26)3-2-18-6-10-22(27)11-7-18/h4-11,17,19,27H,2-3,12-16H2,1H3,(H,25,28)/t17-/m0/s1. The van der Waals surface area contributed by atoms with Gasteiger partial charge >= 0.3 is 0 Å². The van der Waals surface area contributed by atoms with E-state index in [0.29, 0.717) is 18.2 Å². The number of carbonyl (C=O) groups excluding carboxylic acids is 1. The predicted octanol–water partition coefficient (Wildman–Crippen LogP) is 3.88. The number of benzene rings is 2. The van der Waals surface area contributed by atoms with Gasteiger partial charge in [-0.05, 0) is 87.0 Å². The van der Waals surface area contributed by atoms with Gasteiger partial charge in [-0.3, -0.25) is 9.69 Å². The number of nitrogens with one attached hydrogen (secondary N) is 1. The summed E-state index contributed by atoms with van der Waals surface area (Å²) < 4.78 is 13.0. The van der Waals surface area contributed by atoms with E-state index in [1.807, 2.05) is 19.1 Å². The fourth-order valence-electron chi connectivity index (χ4n) is 3.77. The molecule has 150 valence electrons. The van der Waals surface area contributed by atoms with E-state index in [1.54, 1.807) is 24.3 Å². The Morgan fingerprint density at radius 3 is 2.36 bits per heavy atom. The summed E-state index contributed by atoms with van der Waals surface area (Å²) in [6.45, 7) is 4.25. The third kappa shape index (κ3) is 5.80. The molecule has 0 unspecified atom stereocenters. The van der Waals surface area contributed by atoms with Crippen molar-refractivity contribution in [3.05, 3.63) is 65.5 Å². The van der Waals surface area contributed by atoms with E-state index < -0.39 is 0 Å². The van der Waals surface area contributed by atoms with Crippen LogP contribution in [0.4, 0.5) is 4.39 Å². The average molecular weight is 384 g/mol. The van der Waals surface area contributed by atoms with Gasteiger partial charge in [0.05, 0.1) is 6.04 Å². The van der Waals surface area contributed by atoms with Gasteiger partial charge in [0, 0.05) is 6.54 Å². The number of carbonyl (C=O) groups is 1. The summed E-state index contributed by atoms with van der Waals surface area (Å²) >= 11 is 0. The van der Waals surface area contributed by atoms with Gasteiger partial charge in [-0.1, -0.05) is 24.3 Å². The first-order valence-electron chi connectivity index (χ1n) is 10.1. The Hall–Kier alpha value is -2.40. The van der Waals surface area contributed by atoms with Crippen LogP contribution in [0.3, 0.4) is 0 Å². The maximum absolute atomic E-state index is 13.0. The lowest BCUT2D eigenvalue weighted by Crippen LogP contribution is -2.48. The zero-order chi connectivity index (χ0) is 19.9. The molecule has 0 bridgehead atoms. The highest BCUT2D eigenvalue weighted by atomic mass is 19.1. The molecule has 0 spiro atoms. The van der Waals surface area contributed by atoms with E-state index in [9.17, 15) is 14.3 Å². The van der Waals surface area contributed by atoms with E-state index in [1.165, 1.54) is 17.7 Å². The number of aromatic hydroxyl groups is 1. The second-order valence-corrected chi connectivity index (χ2v) is 7.70. The molecule has 2 aromatic rings. The van der Waals surface area contributed by atoms with E-state index in [2.05, 4.69) is 10.2 Å². The molecule has 1 aliphatic rings. The third-order valence-corrected chi connectivity index (χ3v) is 5.73. The second kappa shape index (κ2) is 9.69. The number of phenolic OH excluding ortho intramolecular Hbond substituents is 1. The van der Waals surface area contributed by atoms with Crippen LogP contribution in [0.25, 0.3) is 0 Å². The normalized spacial score (nSPS) is 16.6. The van der Waals surface area contributed by atoms with Crippen molar-refractivity contribution in [1.82, 2.24) is 10.2 Å². The molecule has 4 nitrogen and oxygen atoms in total. The highest BCUT2D eigenvalue weighted by Gasteiger charge is 2.26. The van der Waals surface area contributed by atoms with Gasteiger partial charge in [-0.25, -0.2) is 4.39 Å². The van der Waals surface area contributed by atoms with E-state index in [0.717, 1.165) is 44.3 Å². The molecule has 0 radical (unpaired) electrons. The summed E-state index contributed by atoms with van der Waals surface area (Å²) in [7, 11) is 0. The lowest BCUT2D eigenvalue weighted by molar-refractivity contribution is -0.126. The number of nitrogens with zero attached hydrogens (tertiary/aromatic N) is 1. The van der Waals surface area contributed by atoms with Crippen LogP contribution >= 0.6 is 0 Å². The van der Waals surface area contributed by atoms with Crippen LogP contribution in [0.2, 0.25) is 0 Å². The van der Waals surface area contributed by atoms with Gasteiger partial charge in [-0.2, -0.15) is 0 Å². The Morgan fingerprint density at radius 2 is 1.71 bits per heavy atom. The molecule has 1 atom stereocenters. The van der Waals surface area contributed by atoms with Gasteiger partial charge in [0.25, 0.3) is 0 Å². The van der Waals surface area contributed by atoms with Crippen LogP contribution in [0.1, 0.15) is 37.3 Å². The molecule has 1 saturated heterocycles. The van der Waals surface area contributed by atoms with Crippen LogP contribution < -0.4 is 5.32 Å². The summed E-state index contributed by atoms with van der Waals surface area (Å²) in [5.74, 6) is 0.742. The Kier molecular flexibility index (Phi) is 7.04. The van der Waals surface area contributed by atoms with Crippen molar-refractivity contribution in [3.8, 4) is 5.75 Å². The van der Waals surface area contributed by atoms with Gasteiger partial charge in [-0.15, -0.1) is 0 Å². The van der Waals surface area contributed by atoms with Crippen molar-refractivity contribution < 1.29 is 14.3 Å². The van der Waals surface area contributed by atoms with Crippen molar-refractivity contribution in [1.29, 1.82) is 0 Å². The molecule has 3 rings (SSSR count). The Bertz CT molecular complexity index is 753. The molecule has 1 fully saturated rings. The van der Waals surface area contributed by atoms with Crippen molar-refractivity contribution in [2.45, 2.75) is 45.2 Å². The number of amides is 1. The van der Waals surface area contributed by atoms with Crippen molar-refractivity contribution in [2.75, 3.05) is 13.1 Å². The molecular formula is C23H29FN2O2. The van der Waals surface area contributed by atoms with Crippen LogP contribution in [0, 0.1) is 11.7 Å². The first-order valence-corrected chi connectivity index (χ1v) is 10.1. The third-order valence-electron chi connectivity index (χ3n) is 5.73. The Balaban J connectivity index is 1.38. The van der Waals surface area contributed by atoms with Gasteiger partial charge in [0.1, 0.15) is 11.6 Å². The number of hydrogen-bond donors (Lipinski definition) is 2. The lowest BCUT2D eigenvalue weighted by atomic mass is 9.90. The maximum atomic E-state index is 13.0. The monoisotopic (exact) mass is 384 g/mol. The largest absolute Gasteiger partial charge is 0.508 e. The number of hydrogen-bond acceptors (Lipinski definition) is 3.